The maximum absolute atomic E-state index is 11.9. The number of allylic oxidation sites excluding steroid dienone is 2. The quantitative estimate of drug-likeness (QED) is 0.383. The van der Waals surface area contributed by atoms with Gasteiger partial charge in [0.25, 0.3) is 0 Å². The maximum Gasteiger partial charge on any atom is 0.306 e. The highest BCUT2D eigenvalue weighted by molar-refractivity contribution is 5.69. The highest BCUT2D eigenvalue weighted by Crippen LogP contribution is 2.16. The zero-order valence-corrected chi connectivity index (χ0v) is 13.2. The predicted molar refractivity (Wildman–Crippen MR) is 84.7 cm³/mol. The molecular formula is C18H32O2. The molecule has 1 aliphatic rings. The number of carbonyl (C=O) groups is 1. The molecule has 0 saturated heterocycles. The van der Waals surface area contributed by atoms with E-state index in [9.17, 15) is 4.79 Å². The number of carbonyl (C=O) groups excluding carboxylic acids is 1. The molecule has 20 heavy (non-hydrogen) atoms. The van der Waals surface area contributed by atoms with Crippen LogP contribution < -0.4 is 0 Å². The zero-order valence-electron chi connectivity index (χ0n) is 13.2. The second-order valence-corrected chi connectivity index (χ2v) is 5.96. The number of cyclic esters (lactones) is 1. The first-order valence-electron chi connectivity index (χ1n) is 8.67. The second kappa shape index (κ2) is 12.0. The maximum atomic E-state index is 11.9. The highest BCUT2D eigenvalue weighted by atomic mass is 16.5. The first-order chi connectivity index (χ1) is 9.83. The third-order valence-corrected chi connectivity index (χ3v) is 4.00. The lowest BCUT2D eigenvalue weighted by Gasteiger charge is -2.17. The van der Waals surface area contributed by atoms with Gasteiger partial charge < -0.3 is 4.74 Å². The molecule has 0 aromatic heterocycles. The van der Waals surface area contributed by atoms with E-state index in [1.165, 1.54) is 51.4 Å². The van der Waals surface area contributed by atoms with Gasteiger partial charge in [-0.05, 0) is 44.9 Å². The first kappa shape index (κ1) is 17.3. The number of rotatable bonds is 4. The van der Waals surface area contributed by atoms with Crippen molar-refractivity contribution in [1.29, 1.82) is 0 Å². The molecule has 0 aromatic rings. The van der Waals surface area contributed by atoms with Crippen LogP contribution in [0.3, 0.4) is 0 Å². The van der Waals surface area contributed by atoms with Crippen molar-refractivity contribution in [2.75, 3.05) is 0 Å². The molecule has 0 aliphatic carbocycles. The number of esters is 1. The lowest BCUT2D eigenvalue weighted by Crippen LogP contribution is -2.18. The number of hydrogen-bond acceptors (Lipinski definition) is 2. The van der Waals surface area contributed by atoms with Crippen LogP contribution in [0.1, 0.15) is 90.4 Å². The fourth-order valence-electron chi connectivity index (χ4n) is 2.71. The van der Waals surface area contributed by atoms with E-state index < -0.39 is 0 Å². The van der Waals surface area contributed by atoms with Crippen molar-refractivity contribution >= 4 is 5.97 Å². The highest BCUT2D eigenvalue weighted by Gasteiger charge is 2.13. The van der Waals surface area contributed by atoms with Gasteiger partial charge >= 0.3 is 5.97 Å². The van der Waals surface area contributed by atoms with Gasteiger partial charge in [0.15, 0.2) is 0 Å². The lowest BCUT2D eigenvalue weighted by atomic mass is 10.0. The Labute approximate surface area is 125 Å². The largest absolute Gasteiger partial charge is 0.462 e. The minimum Gasteiger partial charge on any atom is -0.462 e. The van der Waals surface area contributed by atoms with E-state index in [0.29, 0.717) is 6.42 Å². The molecule has 2 nitrogen and oxygen atoms in total. The molecule has 0 aromatic carbocycles. The van der Waals surface area contributed by atoms with Crippen LogP contribution in [0.25, 0.3) is 0 Å². The normalized spacial score (nSPS) is 24.6. The standard InChI is InChI=1S/C18H32O2/c1-2-3-11-14-17-15-12-9-7-5-4-6-8-10-13-16-18(19)20-17/h7,9,17H,2-6,8,10-16H2,1H3/b9-7-/t17-/m0/s1. The Morgan fingerprint density at radius 3 is 2.65 bits per heavy atom. The van der Waals surface area contributed by atoms with E-state index in [1.54, 1.807) is 0 Å². The fourth-order valence-corrected chi connectivity index (χ4v) is 2.71. The molecule has 0 radical (unpaired) electrons. The van der Waals surface area contributed by atoms with E-state index in [1.807, 2.05) is 0 Å². The Balaban J connectivity index is 2.40. The van der Waals surface area contributed by atoms with Crippen LogP contribution in [0.15, 0.2) is 12.2 Å². The molecule has 1 atom stereocenters. The van der Waals surface area contributed by atoms with Crippen molar-refractivity contribution in [3.63, 3.8) is 0 Å². The second-order valence-electron chi connectivity index (χ2n) is 5.96. The molecular weight excluding hydrogens is 248 g/mol. The van der Waals surface area contributed by atoms with Gasteiger partial charge in [0.2, 0.25) is 0 Å². The van der Waals surface area contributed by atoms with Gasteiger partial charge in [-0.25, -0.2) is 0 Å². The summed E-state index contributed by atoms with van der Waals surface area (Å²) in [6, 6.07) is 0. The van der Waals surface area contributed by atoms with Gasteiger partial charge in [0.05, 0.1) is 0 Å². The summed E-state index contributed by atoms with van der Waals surface area (Å²) in [7, 11) is 0. The third-order valence-electron chi connectivity index (χ3n) is 4.00. The number of hydrogen-bond donors (Lipinski definition) is 0. The van der Waals surface area contributed by atoms with Crippen molar-refractivity contribution in [1.82, 2.24) is 0 Å². The summed E-state index contributed by atoms with van der Waals surface area (Å²) in [4.78, 5) is 11.9. The van der Waals surface area contributed by atoms with Crippen LogP contribution >= 0.6 is 0 Å². The minimum atomic E-state index is 0.0209. The third kappa shape index (κ3) is 9.17. The van der Waals surface area contributed by atoms with Crippen LogP contribution in [0.5, 0.6) is 0 Å². The van der Waals surface area contributed by atoms with E-state index >= 15 is 0 Å². The summed E-state index contributed by atoms with van der Waals surface area (Å²) in [5.41, 5.74) is 0. The lowest BCUT2D eigenvalue weighted by molar-refractivity contribution is -0.149. The summed E-state index contributed by atoms with van der Waals surface area (Å²) < 4.78 is 5.67. The molecule has 0 bridgehead atoms. The average Bonchev–Trinajstić information content (AvgIpc) is 2.44. The molecule has 2 heteroatoms. The van der Waals surface area contributed by atoms with Crippen molar-refractivity contribution in [2.45, 2.75) is 96.5 Å². The predicted octanol–water partition coefficient (Wildman–Crippen LogP) is 5.56. The molecule has 0 amide bonds. The number of unbranched alkanes of at least 4 members (excludes halogenated alkanes) is 2. The van der Waals surface area contributed by atoms with Crippen molar-refractivity contribution < 1.29 is 9.53 Å². The molecule has 0 fully saturated rings. The van der Waals surface area contributed by atoms with Crippen LogP contribution in [-0.4, -0.2) is 12.1 Å². The molecule has 1 heterocycles. The van der Waals surface area contributed by atoms with E-state index in [4.69, 9.17) is 4.74 Å². The van der Waals surface area contributed by atoms with Crippen LogP contribution in [0.2, 0.25) is 0 Å². The molecule has 0 N–H and O–H groups in total. The van der Waals surface area contributed by atoms with Gasteiger partial charge in [-0.1, -0.05) is 51.2 Å². The molecule has 116 valence electrons. The summed E-state index contributed by atoms with van der Waals surface area (Å²) in [6.07, 6.45) is 19.2. The summed E-state index contributed by atoms with van der Waals surface area (Å²) in [5, 5.41) is 0. The van der Waals surface area contributed by atoms with E-state index in [0.717, 1.165) is 25.7 Å². The Bertz CT molecular complexity index is 271. The van der Waals surface area contributed by atoms with Crippen molar-refractivity contribution in [3.05, 3.63) is 12.2 Å². The Morgan fingerprint density at radius 2 is 1.80 bits per heavy atom. The van der Waals surface area contributed by atoms with Gasteiger partial charge in [-0.2, -0.15) is 0 Å². The molecule has 1 rings (SSSR count). The first-order valence-corrected chi connectivity index (χ1v) is 8.67. The fraction of sp³-hybridized carbons (Fsp3) is 0.833. The molecule has 0 unspecified atom stereocenters. The minimum absolute atomic E-state index is 0.0209. The van der Waals surface area contributed by atoms with Crippen LogP contribution in [0, 0.1) is 0 Å². The average molecular weight is 280 g/mol. The summed E-state index contributed by atoms with van der Waals surface area (Å²) in [6.45, 7) is 2.21. The van der Waals surface area contributed by atoms with E-state index in [-0.39, 0.29) is 12.1 Å². The number of ether oxygens (including phenoxy) is 1. The molecule has 1 aliphatic heterocycles. The Hall–Kier alpha value is -0.790. The monoisotopic (exact) mass is 280 g/mol. The molecule has 0 spiro atoms. The van der Waals surface area contributed by atoms with Gasteiger partial charge in [0, 0.05) is 6.42 Å². The van der Waals surface area contributed by atoms with Gasteiger partial charge in [0.1, 0.15) is 6.10 Å². The topological polar surface area (TPSA) is 26.3 Å². The van der Waals surface area contributed by atoms with Crippen molar-refractivity contribution in [2.24, 2.45) is 0 Å². The summed E-state index contributed by atoms with van der Waals surface area (Å²) >= 11 is 0. The SMILES string of the molecule is CCCCC[C@H]1CC/C=C\CCCCCCCC(=O)O1. The van der Waals surface area contributed by atoms with Gasteiger partial charge in [-0.3, -0.25) is 4.79 Å². The smallest absolute Gasteiger partial charge is 0.306 e. The van der Waals surface area contributed by atoms with Crippen LogP contribution in [0.4, 0.5) is 0 Å². The van der Waals surface area contributed by atoms with Gasteiger partial charge in [-0.15, -0.1) is 0 Å². The Morgan fingerprint density at radius 1 is 1.05 bits per heavy atom. The van der Waals surface area contributed by atoms with Crippen molar-refractivity contribution in [3.8, 4) is 0 Å². The Kier molecular flexibility index (Phi) is 10.3. The molecule has 0 saturated carbocycles. The van der Waals surface area contributed by atoms with E-state index in [2.05, 4.69) is 19.1 Å². The zero-order chi connectivity index (χ0) is 14.5. The van der Waals surface area contributed by atoms with Crippen LogP contribution in [-0.2, 0) is 9.53 Å². The summed E-state index contributed by atoms with van der Waals surface area (Å²) in [5.74, 6) is 0.0209.